The van der Waals surface area contributed by atoms with Crippen LogP contribution in [0.4, 0.5) is 11.6 Å². The molecule has 1 aliphatic rings. The maximum Gasteiger partial charge on any atom is 0.237 e. The highest BCUT2D eigenvalue weighted by Gasteiger charge is 2.20. The van der Waals surface area contributed by atoms with Gasteiger partial charge in [0.05, 0.1) is 5.69 Å². The molecule has 1 aliphatic heterocycles. The van der Waals surface area contributed by atoms with Crippen LogP contribution in [0.15, 0.2) is 53.3 Å². The van der Waals surface area contributed by atoms with Crippen molar-refractivity contribution in [1.29, 1.82) is 10.8 Å². The molecule has 0 amide bonds. The Labute approximate surface area is 169 Å². The summed E-state index contributed by atoms with van der Waals surface area (Å²) < 4.78 is 5.51. The summed E-state index contributed by atoms with van der Waals surface area (Å²) >= 11 is 0. The Morgan fingerprint density at radius 2 is 2.00 bits per heavy atom. The van der Waals surface area contributed by atoms with E-state index in [1.54, 1.807) is 24.3 Å². The van der Waals surface area contributed by atoms with Crippen LogP contribution in [-0.4, -0.2) is 41.0 Å². The highest BCUT2D eigenvalue weighted by Crippen LogP contribution is 2.20. The van der Waals surface area contributed by atoms with Gasteiger partial charge in [0.25, 0.3) is 0 Å². The molecule has 5 N–H and O–H groups in total. The summed E-state index contributed by atoms with van der Waals surface area (Å²) in [7, 11) is 0. The molecule has 0 saturated heterocycles. The Hall–Kier alpha value is -3.59. The van der Waals surface area contributed by atoms with Crippen molar-refractivity contribution in [3.63, 3.8) is 0 Å². The monoisotopic (exact) mass is 392 g/mol. The van der Waals surface area contributed by atoms with Crippen LogP contribution < -0.4 is 20.9 Å². The standard InChI is InChI=1S/C20H24N8O/c1-2-14-11-24-20(25-12-14)28-9-7-15(8-10-28)18(21)19(22)29-17-5-3-16(4-6-17)26-13-27-23/h3-7,11-13,21-22H,2,8-10,23H2,1H3,(H,26,27). The Balaban J connectivity index is 1.57. The first kappa shape index (κ1) is 20.2. The zero-order chi connectivity index (χ0) is 20.6. The molecule has 2 aromatic rings. The summed E-state index contributed by atoms with van der Waals surface area (Å²) in [6.45, 7) is 3.35. The molecule has 0 atom stereocenters. The van der Waals surface area contributed by atoms with E-state index < -0.39 is 0 Å². The Kier molecular flexibility index (Phi) is 6.64. The molecule has 1 aromatic carbocycles. The molecule has 1 aromatic heterocycles. The van der Waals surface area contributed by atoms with Gasteiger partial charge >= 0.3 is 0 Å². The Bertz CT molecular complexity index is 919. The summed E-state index contributed by atoms with van der Waals surface area (Å²) in [5.41, 5.74) is 5.00. The van der Waals surface area contributed by atoms with E-state index in [-0.39, 0.29) is 11.6 Å². The number of nitrogens with zero attached hydrogens (tertiary/aromatic N) is 4. The normalized spacial score (nSPS) is 13.9. The van der Waals surface area contributed by atoms with Crippen LogP contribution in [-0.2, 0) is 6.42 Å². The molecule has 9 heteroatoms. The highest BCUT2D eigenvalue weighted by molar-refractivity contribution is 6.43. The number of nitrogens with one attached hydrogen (secondary N) is 3. The van der Waals surface area contributed by atoms with E-state index in [4.69, 9.17) is 21.4 Å². The lowest BCUT2D eigenvalue weighted by molar-refractivity contribution is 0.555. The van der Waals surface area contributed by atoms with Crippen molar-refractivity contribution in [1.82, 2.24) is 15.4 Å². The van der Waals surface area contributed by atoms with Crippen LogP contribution in [0.1, 0.15) is 18.9 Å². The van der Waals surface area contributed by atoms with Gasteiger partial charge in [-0.2, -0.15) is 0 Å². The second-order valence-corrected chi connectivity index (χ2v) is 6.40. The second kappa shape index (κ2) is 9.56. The third kappa shape index (κ3) is 5.23. The molecule has 0 aliphatic carbocycles. The van der Waals surface area contributed by atoms with Crippen molar-refractivity contribution in [2.45, 2.75) is 19.8 Å². The average molecular weight is 392 g/mol. The molecule has 3 rings (SSSR count). The van der Waals surface area contributed by atoms with Crippen molar-refractivity contribution in [3.05, 3.63) is 53.9 Å². The fourth-order valence-electron chi connectivity index (χ4n) is 2.80. The minimum Gasteiger partial charge on any atom is -0.437 e. The predicted octanol–water partition coefficient (Wildman–Crippen LogP) is 2.37. The third-order valence-electron chi connectivity index (χ3n) is 4.48. The zero-order valence-corrected chi connectivity index (χ0v) is 16.2. The van der Waals surface area contributed by atoms with Crippen molar-refractivity contribution in [2.24, 2.45) is 10.8 Å². The number of aromatic nitrogens is 2. The van der Waals surface area contributed by atoms with Gasteiger partial charge in [0.2, 0.25) is 11.8 Å². The largest absolute Gasteiger partial charge is 0.437 e. The van der Waals surface area contributed by atoms with Gasteiger partial charge in [-0.1, -0.05) is 13.0 Å². The average Bonchev–Trinajstić information content (AvgIpc) is 2.78. The van der Waals surface area contributed by atoms with Gasteiger partial charge in [0, 0.05) is 25.5 Å². The highest BCUT2D eigenvalue weighted by atomic mass is 16.5. The molecule has 150 valence electrons. The van der Waals surface area contributed by atoms with Crippen molar-refractivity contribution >= 4 is 29.6 Å². The van der Waals surface area contributed by atoms with Crippen LogP contribution >= 0.6 is 0 Å². The van der Waals surface area contributed by atoms with E-state index in [0.29, 0.717) is 36.9 Å². The number of rotatable bonds is 7. The molecular formula is C20H24N8O. The summed E-state index contributed by atoms with van der Waals surface area (Å²) in [5.74, 6) is 6.11. The summed E-state index contributed by atoms with van der Waals surface area (Å²) in [6, 6.07) is 6.86. The first-order valence-electron chi connectivity index (χ1n) is 9.30. The van der Waals surface area contributed by atoms with Crippen LogP contribution in [0.2, 0.25) is 0 Å². The van der Waals surface area contributed by atoms with E-state index >= 15 is 0 Å². The van der Waals surface area contributed by atoms with E-state index in [1.165, 1.54) is 6.34 Å². The van der Waals surface area contributed by atoms with E-state index in [1.807, 2.05) is 18.5 Å². The van der Waals surface area contributed by atoms with Gasteiger partial charge in [0.15, 0.2) is 0 Å². The first-order chi connectivity index (χ1) is 14.1. The fraction of sp³-hybridized carbons (Fsp3) is 0.250. The van der Waals surface area contributed by atoms with E-state index in [9.17, 15) is 0 Å². The van der Waals surface area contributed by atoms with Crippen LogP contribution in [0.5, 0.6) is 5.75 Å². The van der Waals surface area contributed by atoms with Crippen LogP contribution in [0.25, 0.3) is 0 Å². The number of hydrogen-bond donors (Lipinski definition) is 4. The first-order valence-corrected chi connectivity index (χ1v) is 9.30. The number of aliphatic imine (C=N–C) groups is 1. The molecule has 0 fully saturated rings. The molecule has 29 heavy (non-hydrogen) atoms. The molecule has 0 saturated carbocycles. The summed E-state index contributed by atoms with van der Waals surface area (Å²) in [6.07, 6.45) is 8.52. The van der Waals surface area contributed by atoms with Gasteiger partial charge < -0.3 is 15.1 Å². The molecular weight excluding hydrogens is 368 g/mol. The number of ether oxygens (including phenoxy) is 1. The molecule has 0 spiro atoms. The lowest BCUT2D eigenvalue weighted by atomic mass is 10.0. The lowest BCUT2D eigenvalue weighted by Gasteiger charge is -2.26. The molecule has 2 heterocycles. The lowest BCUT2D eigenvalue weighted by Crippen LogP contribution is -2.33. The van der Waals surface area contributed by atoms with Crippen LogP contribution in [0, 0.1) is 10.8 Å². The second-order valence-electron chi connectivity index (χ2n) is 6.40. The third-order valence-corrected chi connectivity index (χ3v) is 4.48. The molecule has 9 nitrogen and oxygen atoms in total. The number of hydrazine groups is 1. The van der Waals surface area contributed by atoms with Crippen molar-refractivity contribution in [3.8, 4) is 5.75 Å². The number of nitrogens with two attached hydrogens (primary N) is 1. The minimum absolute atomic E-state index is 0.0846. The van der Waals surface area contributed by atoms with Gasteiger partial charge in [0.1, 0.15) is 17.8 Å². The van der Waals surface area contributed by atoms with Crippen molar-refractivity contribution in [2.75, 3.05) is 18.0 Å². The quantitative estimate of drug-likeness (QED) is 0.247. The zero-order valence-electron chi connectivity index (χ0n) is 16.2. The number of aryl methyl sites for hydroxylation is 1. The van der Waals surface area contributed by atoms with E-state index in [2.05, 4.69) is 32.2 Å². The molecule has 0 radical (unpaired) electrons. The Morgan fingerprint density at radius 1 is 1.28 bits per heavy atom. The van der Waals surface area contributed by atoms with Gasteiger partial charge in [-0.3, -0.25) is 10.8 Å². The van der Waals surface area contributed by atoms with Gasteiger partial charge in [-0.25, -0.2) is 20.8 Å². The summed E-state index contributed by atoms with van der Waals surface area (Å²) in [5, 5.41) is 16.4. The molecule has 0 unspecified atom stereocenters. The maximum absolute atomic E-state index is 8.28. The number of anilines is 1. The Morgan fingerprint density at radius 3 is 2.59 bits per heavy atom. The SMILES string of the molecule is CCc1cnc(N2CC=C(C(=N)C(=N)Oc3ccc(N=CNN)cc3)CC2)nc1. The number of benzene rings is 1. The van der Waals surface area contributed by atoms with E-state index in [0.717, 1.165) is 17.6 Å². The smallest absolute Gasteiger partial charge is 0.237 e. The van der Waals surface area contributed by atoms with Gasteiger partial charge in [-0.15, -0.1) is 0 Å². The maximum atomic E-state index is 8.28. The predicted molar refractivity (Wildman–Crippen MR) is 114 cm³/mol. The van der Waals surface area contributed by atoms with Crippen molar-refractivity contribution < 1.29 is 4.74 Å². The summed E-state index contributed by atoms with van der Waals surface area (Å²) in [4.78, 5) is 14.9. The van der Waals surface area contributed by atoms with Gasteiger partial charge in [-0.05, 0) is 48.2 Å². The fourth-order valence-corrected chi connectivity index (χ4v) is 2.80. The number of hydrogen-bond acceptors (Lipinski definition) is 8. The minimum atomic E-state index is -0.187. The molecule has 0 bridgehead atoms. The topological polar surface area (TPSA) is 136 Å². The van der Waals surface area contributed by atoms with Crippen LogP contribution in [0.3, 0.4) is 0 Å².